The molecule has 132 valence electrons. The molecule has 0 saturated carbocycles. The van der Waals surface area contributed by atoms with E-state index < -0.39 is 5.97 Å². The lowest BCUT2D eigenvalue weighted by Gasteiger charge is -2.35. The fraction of sp³-hybridized carbons (Fsp3) is 0.333. The summed E-state index contributed by atoms with van der Waals surface area (Å²) in [6.07, 6.45) is 0.845. The highest BCUT2D eigenvalue weighted by molar-refractivity contribution is 5.91. The van der Waals surface area contributed by atoms with Gasteiger partial charge >= 0.3 is 5.97 Å². The van der Waals surface area contributed by atoms with E-state index in [0.717, 1.165) is 12.0 Å². The van der Waals surface area contributed by atoms with Crippen molar-refractivity contribution in [1.82, 2.24) is 5.32 Å². The van der Waals surface area contributed by atoms with E-state index in [-0.39, 0.29) is 29.3 Å². The molecule has 0 fully saturated rings. The summed E-state index contributed by atoms with van der Waals surface area (Å²) in [5.74, 6) is -1.18. The van der Waals surface area contributed by atoms with Crippen molar-refractivity contribution in [2.45, 2.75) is 45.1 Å². The van der Waals surface area contributed by atoms with Crippen molar-refractivity contribution >= 4 is 11.9 Å². The van der Waals surface area contributed by atoms with Gasteiger partial charge in [0.25, 0.3) is 0 Å². The molecule has 0 aliphatic rings. The van der Waals surface area contributed by atoms with Gasteiger partial charge < -0.3 is 10.4 Å². The van der Waals surface area contributed by atoms with Crippen LogP contribution in [0.3, 0.4) is 0 Å². The molecule has 0 aliphatic carbocycles. The van der Waals surface area contributed by atoms with Crippen LogP contribution in [0.15, 0.2) is 54.6 Å². The van der Waals surface area contributed by atoms with Crippen molar-refractivity contribution in [1.29, 1.82) is 0 Å². The first kappa shape index (κ1) is 18.7. The van der Waals surface area contributed by atoms with Crippen molar-refractivity contribution in [3.63, 3.8) is 0 Å². The van der Waals surface area contributed by atoms with Crippen LogP contribution >= 0.6 is 0 Å². The number of nitrogens with one attached hydrogen (secondary N) is 1. The van der Waals surface area contributed by atoms with Gasteiger partial charge in [-0.1, -0.05) is 69.3 Å². The van der Waals surface area contributed by atoms with Gasteiger partial charge in [0.2, 0.25) is 5.91 Å². The number of amides is 1. The first-order valence-corrected chi connectivity index (χ1v) is 8.52. The average molecular weight is 339 g/mol. The zero-order chi connectivity index (χ0) is 18.4. The fourth-order valence-electron chi connectivity index (χ4n) is 3.16. The average Bonchev–Trinajstić information content (AvgIpc) is 2.60. The van der Waals surface area contributed by atoms with Crippen molar-refractivity contribution in [3.05, 3.63) is 71.3 Å². The van der Waals surface area contributed by atoms with Crippen LogP contribution in [-0.2, 0) is 16.6 Å². The monoisotopic (exact) mass is 339 g/mol. The number of hydrogen-bond donors (Lipinski definition) is 2. The molecule has 0 bridgehead atoms. The molecule has 0 radical (unpaired) electrons. The highest BCUT2D eigenvalue weighted by Gasteiger charge is 2.31. The minimum Gasteiger partial charge on any atom is -0.478 e. The molecule has 4 heteroatoms. The number of aromatic carboxylic acids is 1. The molecule has 1 unspecified atom stereocenters. The summed E-state index contributed by atoms with van der Waals surface area (Å²) in [6.45, 7) is 6.27. The van der Waals surface area contributed by atoms with Gasteiger partial charge in [-0.3, -0.25) is 4.79 Å². The maximum atomic E-state index is 12.5. The third-order valence-electron chi connectivity index (χ3n) is 4.73. The first-order valence-electron chi connectivity index (χ1n) is 8.52. The van der Waals surface area contributed by atoms with Crippen LogP contribution in [0, 0.1) is 0 Å². The fourth-order valence-corrected chi connectivity index (χ4v) is 3.16. The lowest BCUT2D eigenvalue weighted by atomic mass is 9.76. The normalized spacial score (nSPS) is 12.4. The SMILES string of the molecule is CCC(NC(=O)Cc1ccccc1C(=O)O)C(C)(C)c1ccccc1. The standard InChI is InChI=1S/C21H25NO3/c1-4-18(21(2,3)16-11-6-5-7-12-16)22-19(23)14-15-10-8-9-13-17(15)20(24)25/h5-13,18H,4,14H2,1-3H3,(H,22,23)(H,24,25). The smallest absolute Gasteiger partial charge is 0.335 e. The van der Waals surface area contributed by atoms with E-state index in [0.29, 0.717) is 5.56 Å². The van der Waals surface area contributed by atoms with E-state index in [4.69, 9.17) is 0 Å². The van der Waals surface area contributed by atoms with E-state index in [1.165, 1.54) is 6.07 Å². The summed E-state index contributed by atoms with van der Waals surface area (Å²) in [7, 11) is 0. The maximum Gasteiger partial charge on any atom is 0.335 e. The van der Waals surface area contributed by atoms with Crippen LogP contribution in [0.1, 0.15) is 48.7 Å². The second-order valence-electron chi connectivity index (χ2n) is 6.76. The van der Waals surface area contributed by atoms with E-state index in [9.17, 15) is 14.7 Å². The summed E-state index contributed by atoms with van der Waals surface area (Å²) in [5, 5.41) is 12.3. The topological polar surface area (TPSA) is 66.4 Å². The number of carboxylic acids is 1. The zero-order valence-corrected chi connectivity index (χ0v) is 15.0. The van der Waals surface area contributed by atoms with Gasteiger partial charge in [-0.2, -0.15) is 0 Å². The van der Waals surface area contributed by atoms with Crippen LogP contribution in [0.2, 0.25) is 0 Å². The molecule has 2 aromatic carbocycles. The molecular formula is C21H25NO3. The van der Waals surface area contributed by atoms with Crippen molar-refractivity contribution < 1.29 is 14.7 Å². The highest BCUT2D eigenvalue weighted by Crippen LogP contribution is 2.28. The molecule has 0 aromatic heterocycles. The zero-order valence-electron chi connectivity index (χ0n) is 15.0. The Kier molecular flexibility index (Phi) is 5.97. The molecular weight excluding hydrogens is 314 g/mol. The number of carbonyl (C=O) groups excluding carboxylic acids is 1. The number of benzene rings is 2. The predicted molar refractivity (Wildman–Crippen MR) is 98.8 cm³/mol. The molecule has 1 atom stereocenters. The Morgan fingerprint density at radius 2 is 1.64 bits per heavy atom. The second kappa shape index (κ2) is 7.97. The summed E-state index contributed by atoms with van der Waals surface area (Å²) in [5.41, 5.74) is 1.64. The third kappa shape index (κ3) is 4.47. The first-order chi connectivity index (χ1) is 11.9. The predicted octanol–water partition coefficient (Wildman–Crippen LogP) is 3.80. The molecule has 25 heavy (non-hydrogen) atoms. The van der Waals surface area contributed by atoms with Crippen molar-refractivity contribution in [2.75, 3.05) is 0 Å². The van der Waals surface area contributed by atoms with E-state index in [1.54, 1.807) is 18.2 Å². The summed E-state index contributed by atoms with van der Waals surface area (Å²) in [6, 6.07) is 16.7. The molecule has 0 aliphatic heterocycles. The minimum absolute atomic E-state index is 0.0422. The lowest BCUT2D eigenvalue weighted by Crippen LogP contribution is -2.47. The molecule has 2 aromatic rings. The Morgan fingerprint density at radius 1 is 1.04 bits per heavy atom. The Morgan fingerprint density at radius 3 is 2.24 bits per heavy atom. The number of carbonyl (C=O) groups is 2. The van der Waals surface area contributed by atoms with E-state index >= 15 is 0 Å². The van der Waals surface area contributed by atoms with Crippen LogP contribution in [0.25, 0.3) is 0 Å². The van der Waals surface area contributed by atoms with Crippen LogP contribution in [0.5, 0.6) is 0 Å². The van der Waals surface area contributed by atoms with Crippen LogP contribution < -0.4 is 5.32 Å². The molecule has 0 spiro atoms. The van der Waals surface area contributed by atoms with E-state index in [1.807, 2.05) is 25.1 Å². The van der Waals surface area contributed by atoms with Crippen molar-refractivity contribution in [2.24, 2.45) is 0 Å². The Balaban J connectivity index is 2.14. The maximum absolute atomic E-state index is 12.5. The number of rotatable bonds is 7. The van der Waals surface area contributed by atoms with Gasteiger partial charge in [0.15, 0.2) is 0 Å². The van der Waals surface area contributed by atoms with Gasteiger partial charge in [-0.05, 0) is 23.6 Å². The Hall–Kier alpha value is -2.62. The second-order valence-corrected chi connectivity index (χ2v) is 6.76. The molecule has 0 saturated heterocycles. The van der Waals surface area contributed by atoms with Gasteiger partial charge in [-0.15, -0.1) is 0 Å². The molecule has 4 nitrogen and oxygen atoms in total. The van der Waals surface area contributed by atoms with Crippen LogP contribution in [-0.4, -0.2) is 23.0 Å². The quantitative estimate of drug-likeness (QED) is 0.806. The largest absolute Gasteiger partial charge is 0.478 e. The van der Waals surface area contributed by atoms with Gasteiger partial charge in [0, 0.05) is 11.5 Å². The van der Waals surface area contributed by atoms with Crippen LogP contribution in [0.4, 0.5) is 0 Å². The Bertz CT molecular complexity index is 738. The summed E-state index contributed by atoms with van der Waals surface area (Å²) in [4.78, 5) is 23.8. The molecule has 0 heterocycles. The number of carboxylic acid groups (broad SMARTS) is 1. The van der Waals surface area contributed by atoms with Gasteiger partial charge in [-0.25, -0.2) is 4.79 Å². The number of hydrogen-bond acceptors (Lipinski definition) is 2. The highest BCUT2D eigenvalue weighted by atomic mass is 16.4. The molecule has 2 rings (SSSR count). The Labute approximate surface area is 148 Å². The van der Waals surface area contributed by atoms with Crippen molar-refractivity contribution in [3.8, 4) is 0 Å². The third-order valence-corrected chi connectivity index (χ3v) is 4.73. The molecule has 2 N–H and O–H groups in total. The summed E-state index contributed by atoms with van der Waals surface area (Å²) >= 11 is 0. The summed E-state index contributed by atoms with van der Waals surface area (Å²) < 4.78 is 0. The minimum atomic E-state index is -1.01. The van der Waals surface area contributed by atoms with Gasteiger partial charge in [0.05, 0.1) is 12.0 Å². The lowest BCUT2D eigenvalue weighted by molar-refractivity contribution is -0.121. The molecule has 1 amide bonds. The van der Waals surface area contributed by atoms with Gasteiger partial charge in [0.1, 0.15) is 0 Å². The van der Waals surface area contributed by atoms with E-state index in [2.05, 4.69) is 31.3 Å².